The summed E-state index contributed by atoms with van der Waals surface area (Å²) >= 11 is 0. The van der Waals surface area contributed by atoms with Crippen LogP contribution < -0.4 is 5.32 Å². The molecular weight excluding hydrogens is 332 g/mol. The van der Waals surface area contributed by atoms with Crippen LogP contribution in [0.25, 0.3) is 5.82 Å². The van der Waals surface area contributed by atoms with E-state index in [9.17, 15) is 9.59 Å². The third-order valence-corrected chi connectivity index (χ3v) is 4.58. The van der Waals surface area contributed by atoms with Gasteiger partial charge in [0.2, 0.25) is 5.91 Å². The number of carbonyl (C=O) groups is 2. The number of rotatable bonds is 6. The summed E-state index contributed by atoms with van der Waals surface area (Å²) in [4.78, 5) is 26.8. The van der Waals surface area contributed by atoms with Gasteiger partial charge in [-0.15, -0.1) is 0 Å². The molecule has 0 saturated heterocycles. The fourth-order valence-corrected chi connectivity index (χ4v) is 3.41. The summed E-state index contributed by atoms with van der Waals surface area (Å²) in [5.74, 6) is -0.259. The highest BCUT2D eigenvalue weighted by Gasteiger charge is 2.27. The molecule has 0 radical (unpaired) electrons. The molecule has 26 heavy (non-hydrogen) atoms. The molecule has 0 saturated carbocycles. The number of aliphatic carboxylic acids is 1. The van der Waals surface area contributed by atoms with E-state index < -0.39 is 5.97 Å². The molecule has 1 aliphatic rings. The summed E-state index contributed by atoms with van der Waals surface area (Å²) in [6.07, 6.45) is 6.39. The van der Waals surface area contributed by atoms with Crippen molar-refractivity contribution < 1.29 is 14.7 Å². The van der Waals surface area contributed by atoms with Crippen LogP contribution in [0.4, 0.5) is 0 Å². The highest BCUT2D eigenvalue weighted by atomic mass is 16.4. The number of carboxylic acids is 1. The topological polar surface area (TPSA) is 97.1 Å². The number of nitrogens with zero attached hydrogens (tertiary/aromatic N) is 3. The highest BCUT2D eigenvalue weighted by Crippen LogP contribution is 2.33. The minimum atomic E-state index is -0.965. The van der Waals surface area contributed by atoms with Gasteiger partial charge in [0.25, 0.3) is 0 Å². The lowest BCUT2D eigenvalue weighted by Crippen LogP contribution is -2.32. The number of carbonyl (C=O) groups excluding carboxylic acids is 1. The Kier molecular flexibility index (Phi) is 5.16. The van der Waals surface area contributed by atoms with Crippen LogP contribution >= 0.6 is 0 Å². The first-order valence-electron chi connectivity index (χ1n) is 8.62. The van der Waals surface area contributed by atoms with Crippen LogP contribution in [0.2, 0.25) is 0 Å². The second kappa shape index (κ2) is 7.51. The summed E-state index contributed by atoms with van der Waals surface area (Å²) in [5.41, 5.74) is 3.13. The summed E-state index contributed by atoms with van der Waals surface area (Å²) in [7, 11) is 0. The van der Waals surface area contributed by atoms with Gasteiger partial charge in [-0.2, -0.15) is 5.10 Å². The Morgan fingerprint density at radius 2 is 2.08 bits per heavy atom. The highest BCUT2D eigenvalue weighted by molar-refractivity contribution is 5.81. The number of allylic oxidation sites excluding steroid dienone is 1. The lowest BCUT2D eigenvalue weighted by molar-refractivity contribution is -0.138. The van der Waals surface area contributed by atoms with Crippen molar-refractivity contribution in [2.75, 3.05) is 0 Å². The van der Waals surface area contributed by atoms with Gasteiger partial charge in [-0.1, -0.05) is 18.2 Å². The van der Waals surface area contributed by atoms with E-state index in [-0.39, 0.29) is 30.7 Å². The van der Waals surface area contributed by atoms with Crippen LogP contribution in [-0.4, -0.2) is 37.8 Å². The maximum absolute atomic E-state index is 11.8. The van der Waals surface area contributed by atoms with Gasteiger partial charge in [0, 0.05) is 35.8 Å². The standard InChI is InChI=1S/C19H22N4O3/c1-12-19(13(2)23(22-12)16-5-3-4-10-20-16)14-6-7-15(11-14)21-17(24)8-9-18(25)26/h3-7,10,14-15H,8-9,11H2,1-2H3,(H,21,24)(H,25,26)/t14-,15-/m1/s1. The number of aromatic nitrogens is 3. The third kappa shape index (κ3) is 3.82. The quantitative estimate of drug-likeness (QED) is 0.776. The van der Waals surface area contributed by atoms with Crippen LogP contribution in [0.3, 0.4) is 0 Å². The number of pyridine rings is 1. The average Bonchev–Trinajstić information content (AvgIpc) is 3.17. The van der Waals surface area contributed by atoms with Gasteiger partial charge in [-0.25, -0.2) is 9.67 Å². The molecule has 2 aromatic heterocycles. The Balaban J connectivity index is 1.70. The Bertz CT molecular complexity index is 842. The fraction of sp³-hybridized carbons (Fsp3) is 0.368. The molecule has 2 heterocycles. The fourth-order valence-electron chi connectivity index (χ4n) is 3.41. The molecule has 0 fully saturated rings. The predicted molar refractivity (Wildman–Crippen MR) is 96.1 cm³/mol. The van der Waals surface area contributed by atoms with Gasteiger partial charge in [-0.05, 0) is 32.4 Å². The number of hydrogen-bond acceptors (Lipinski definition) is 4. The molecule has 7 nitrogen and oxygen atoms in total. The minimum absolute atomic E-state index is 0.00000465. The van der Waals surface area contributed by atoms with Crippen molar-refractivity contribution in [2.45, 2.75) is 45.1 Å². The molecule has 1 amide bonds. The van der Waals surface area contributed by atoms with Gasteiger partial charge >= 0.3 is 5.97 Å². The maximum atomic E-state index is 11.8. The van der Waals surface area contributed by atoms with Crippen LogP contribution in [0.1, 0.15) is 42.1 Å². The smallest absolute Gasteiger partial charge is 0.303 e. The third-order valence-electron chi connectivity index (χ3n) is 4.58. The maximum Gasteiger partial charge on any atom is 0.303 e. The van der Waals surface area contributed by atoms with E-state index in [0.29, 0.717) is 0 Å². The van der Waals surface area contributed by atoms with Crippen molar-refractivity contribution in [1.82, 2.24) is 20.1 Å². The number of aryl methyl sites for hydroxylation is 1. The number of amides is 1. The van der Waals surface area contributed by atoms with Gasteiger partial charge in [0.15, 0.2) is 5.82 Å². The van der Waals surface area contributed by atoms with Crippen molar-refractivity contribution in [3.05, 3.63) is 53.5 Å². The Hall–Kier alpha value is -2.96. The van der Waals surface area contributed by atoms with Crippen LogP contribution in [-0.2, 0) is 9.59 Å². The van der Waals surface area contributed by atoms with Crippen LogP contribution in [0, 0.1) is 13.8 Å². The zero-order valence-electron chi connectivity index (χ0n) is 14.8. The molecular formula is C19H22N4O3. The molecule has 0 aromatic carbocycles. The summed E-state index contributed by atoms with van der Waals surface area (Å²) in [5, 5.41) is 16.2. The molecule has 0 unspecified atom stereocenters. The lowest BCUT2D eigenvalue weighted by atomic mass is 9.96. The largest absolute Gasteiger partial charge is 0.481 e. The van der Waals surface area contributed by atoms with Gasteiger partial charge in [0.05, 0.1) is 12.1 Å². The van der Waals surface area contributed by atoms with E-state index in [1.807, 2.05) is 42.8 Å². The van der Waals surface area contributed by atoms with Gasteiger partial charge < -0.3 is 10.4 Å². The van der Waals surface area contributed by atoms with E-state index in [2.05, 4.69) is 21.5 Å². The van der Waals surface area contributed by atoms with E-state index in [1.54, 1.807) is 6.20 Å². The van der Waals surface area contributed by atoms with Crippen molar-refractivity contribution >= 4 is 11.9 Å². The lowest BCUT2D eigenvalue weighted by Gasteiger charge is -2.14. The first-order chi connectivity index (χ1) is 12.5. The Labute approximate surface area is 151 Å². The minimum Gasteiger partial charge on any atom is -0.481 e. The number of nitrogens with one attached hydrogen (secondary N) is 1. The molecule has 3 rings (SSSR count). The van der Waals surface area contributed by atoms with Crippen molar-refractivity contribution in [3.63, 3.8) is 0 Å². The Morgan fingerprint density at radius 3 is 2.77 bits per heavy atom. The van der Waals surface area contributed by atoms with Crippen LogP contribution in [0.15, 0.2) is 36.5 Å². The predicted octanol–water partition coefficient (Wildman–Crippen LogP) is 2.28. The number of carboxylic acid groups (broad SMARTS) is 1. The molecule has 2 aromatic rings. The van der Waals surface area contributed by atoms with Crippen LogP contribution in [0.5, 0.6) is 0 Å². The first-order valence-corrected chi connectivity index (χ1v) is 8.62. The van der Waals surface area contributed by atoms with Gasteiger partial charge in [-0.3, -0.25) is 9.59 Å². The molecule has 0 spiro atoms. The zero-order valence-corrected chi connectivity index (χ0v) is 14.8. The molecule has 0 bridgehead atoms. The normalized spacial score (nSPS) is 18.8. The average molecular weight is 354 g/mol. The molecule has 7 heteroatoms. The molecule has 1 aliphatic carbocycles. The second-order valence-electron chi connectivity index (χ2n) is 6.48. The van der Waals surface area contributed by atoms with E-state index >= 15 is 0 Å². The zero-order chi connectivity index (χ0) is 18.7. The van der Waals surface area contributed by atoms with Gasteiger partial charge in [0.1, 0.15) is 0 Å². The summed E-state index contributed by atoms with van der Waals surface area (Å²) < 4.78 is 1.84. The monoisotopic (exact) mass is 354 g/mol. The van der Waals surface area contributed by atoms with E-state index in [1.165, 1.54) is 0 Å². The SMILES string of the molecule is Cc1nn(-c2ccccn2)c(C)c1[C@@H]1C=C[C@@H](NC(=O)CCC(=O)O)C1. The van der Waals surface area contributed by atoms with Crippen molar-refractivity contribution in [1.29, 1.82) is 0 Å². The molecule has 2 atom stereocenters. The molecule has 0 aliphatic heterocycles. The summed E-state index contributed by atoms with van der Waals surface area (Å²) in [6, 6.07) is 5.63. The molecule has 136 valence electrons. The first kappa shape index (κ1) is 17.8. The second-order valence-corrected chi connectivity index (χ2v) is 6.48. The molecule has 2 N–H and O–H groups in total. The Morgan fingerprint density at radius 1 is 1.27 bits per heavy atom. The van der Waals surface area contributed by atoms with Crippen molar-refractivity contribution in [2.24, 2.45) is 0 Å². The number of hydrogen-bond donors (Lipinski definition) is 2. The van der Waals surface area contributed by atoms with E-state index in [4.69, 9.17) is 5.11 Å². The van der Waals surface area contributed by atoms with Crippen molar-refractivity contribution in [3.8, 4) is 5.82 Å². The van der Waals surface area contributed by atoms with E-state index in [0.717, 1.165) is 29.2 Å². The summed E-state index contributed by atoms with van der Waals surface area (Å²) in [6.45, 7) is 4.00.